The molecule has 1 fully saturated rings. The van der Waals surface area contributed by atoms with Gasteiger partial charge in [0, 0.05) is 0 Å². The van der Waals surface area contributed by atoms with Crippen LogP contribution in [0.4, 0.5) is 14.5 Å². The minimum atomic E-state index is -1.37. The van der Waals surface area contributed by atoms with Crippen molar-refractivity contribution in [1.29, 1.82) is 0 Å². The number of nitrogens with zero attached hydrogens (tertiary/aromatic N) is 2. The number of β-amino-alcohol motifs (C(OH)–C–C–N with tert-alkyl or cyclic N) is 1. The normalized spacial score (nSPS) is 16.7. The molecule has 1 amide bonds. The van der Waals surface area contributed by atoms with Gasteiger partial charge < -0.3 is 10.0 Å². The molecule has 1 N–H and O–H groups in total. The van der Waals surface area contributed by atoms with Gasteiger partial charge in [0.05, 0.1) is 35.2 Å². The van der Waals surface area contributed by atoms with Crippen molar-refractivity contribution in [1.82, 2.24) is 4.90 Å². The summed E-state index contributed by atoms with van der Waals surface area (Å²) in [6.07, 6.45) is 0.419. The molecule has 6 nitrogen and oxygen atoms in total. The molecule has 1 aliphatic rings. The van der Waals surface area contributed by atoms with Crippen LogP contribution in [0, 0.1) is 21.7 Å². The van der Waals surface area contributed by atoms with E-state index < -0.39 is 39.3 Å². The highest BCUT2D eigenvalue weighted by atomic mass is 19.1. The second-order valence-corrected chi connectivity index (χ2v) is 4.78. The molecule has 0 bridgehead atoms. The summed E-state index contributed by atoms with van der Waals surface area (Å²) >= 11 is 0. The molecule has 8 heteroatoms. The summed E-state index contributed by atoms with van der Waals surface area (Å²) in [5, 5.41) is 20.4. The molecule has 1 aromatic rings. The van der Waals surface area contributed by atoms with E-state index >= 15 is 0 Å². The Morgan fingerprint density at radius 2 is 2.10 bits per heavy atom. The number of nitro groups is 1. The predicted octanol–water partition coefficient (Wildman–Crippen LogP) is 1.47. The van der Waals surface area contributed by atoms with Gasteiger partial charge in [0.25, 0.3) is 5.91 Å². The van der Waals surface area contributed by atoms with Crippen molar-refractivity contribution >= 4 is 11.6 Å². The number of amides is 1. The van der Waals surface area contributed by atoms with Gasteiger partial charge in [-0.3, -0.25) is 14.9 Å². The van der Waals surface area contributed by atoms with E-state index in [4.69, 9.17) is 0 Å². The number of rotatable bonds is 3. The zero-order valence-electron chi connectivity index (χ0n) is 10.6. The zero-order valence-corrected chi connectivity index (χ0v) is 10.6. The molecule has 1 heterocycles. The Balaban J connectivity index is 2.30. The zero-order chi connectivity index (χ0) is 15.1. The summed E-state index contributed by atoms with van der Waals surface area (Å²) < 4.78 is 27.1. The van der Waals surface area contributed by atoms with Crippen molar-refractivity contribution in [3.63, 3.8) is 0 Å². The molecule has 0 atom stereocenters. The van der Waals surface area contributed by atoms with Crippen LogP contribution >= 0.6 is 0 Å². The molecule has 0 spiro atoms. The van der Waals surface area contributed by atoms with Crippen molar-refractivity contribution in [2.75, 3.05) is 13.1 Å². The molecule has 0 radical (unpaired) electrons. The van der Waals surface area contributed by atoms with Gasteiger partial charge >= 0.3 is 5.69 Å². The lowest BCUT2D eigenvalue weighted by Gasteiger charge is -2.46. The van der Waals surface area contributed by atoms with Crippen molar-refractivity contribution in [2.24, 2.45) is 0 Å². The fraction of sp³-hybridized carbons (Fsp3) is 0.417. The molecular formula is C12H12F2N2O4. The summed E-state index contributed by atoms with van der Waals surface area (Å²) in [4.78, 5) is 22.6. The summed E-state index contributed by atoms with van der Waals surface area (Å²) in [7, 11) is 0. The van der Waals surface area contributed by atoms with Gasteiger partial charge in [-0.05, 0) is 12.5 Å². The van der Waals surface area contributed by atoms with Crippen LogP contribution in [0.25, 0.3) is 0 Å². The molecular weight excluding hydrogens is 274 g/mol. The van der Waals surface area contributed by atoms with Crippen molar-refractivity contribution in [2.45, 2.75) is 18.9 Å². The van der Waals surface area contributed by atoms with Crippen LogP contribution in [0.2, 0.25) is 0 Å². The number of benzene rings is 1. The first-order chi connectivity index (χ1) is 9.27. The molecule has 108 valence electrons. The Morgan fingerprint density at radius 1 is 1.50 bits per heavy atom. The maximum absolute atomic E-state index is 13.8. The highest BCUT2D eigenvalue weighted by Crippen LogP contribution is 2.29. The first-order valence-corrected chi connectivity index (χ1v) is 5.92. The predicted molar refractivity (Wildman–Crippen MR) is 64.2 cm³/mol. The highest BCUT2D eigenvalue weighted by Gasteiger charge is 2.43. The van der Waals surface area contributed by atoms with Gasteiger partial charge in [-0.1, -0.05) is 6.92 Å². The summed E-state index contributed by atoms with van der Waals surface area (Å²) in [5.74, 6) is -3.30. The Bertz CT molecular complexity index is 585. The van der Waals surface area contributed by atoms with E-state index in [0.29, 0.717) is 18.6 Å². The van der Waals surface area contributed by atoms with E-state index in [1.54, 1.807) is 6.92 Å². The SMILES string of the molecule is CCC1(O)CN(C(=O)c2cc(F)cc([N+](=O)[O-])c2F)C1. The lowest BCUT2D eigenvalue weighted by Crippen LogP contribution is -2.63. The average molecular weight is 286 g/mol. The minimum absolute atomic E-state index is 0.00785. The monoisotopic (exact) mass is 286 g/mol. The molecule has 0 aliphatic carbocycles. The molecule has 1 aromatic carbocycles. The van der Waals surface area contributed by atoms with Crippen LogP contribution < -0.4 is 0 Å². The molecule has 0 aromatic heterocycles. The maximum Gasteiger partial charge on any atom is 0.308 e. The number of carbonyl (C=O) groups excluding carboxylic acids is 1. The van der Waals surface area contributed by atoms with Crippen molar-refractivity contribution in [3.8, 4) is 0 Å². The second kappa shape index (κ2) is 4.78. The third-order valence-corrected chi connectivity index (χ3v) is 3.36. The number of hydrogen-bond acceptors (Lipinski definition) is 4. The minimum Gasteiger partial charge on any atom is -0.386 e. The number of hydrogen-bond donors (Lipinski definition) is 1. The van der Waals surface area contributed by atoms with Gasteiger partial charge in [-0.25, -0.2) is 4.39 Å². The van der Waals surface area contributed by atoms with E-state index in [1.807, 2.05) is 0 Å². The van der Waals surface area contributed by atoms with Crippen LogP contribution in [0.15, 0.2) is 12.1 Å². The standard InChI is InChI=1S/C12H12F2N2O4/c1-2-12(18)5-15(6-12)11(17)8-3-7(13)4-9(10(8)14)16(19)20/h3-4,18H,2,5-6H2,1H3. The number of likely N-dealkylation sites (tertiary alicyclic amines) is 1. The van der Waals surface area contributed by atoms with E-state index in [9.17, 15) is 28.8 Å². The Hall–Kier alpha value is -2.09. The Morgan fingerprint density at radius 3 is 2.60 bits per heavy atom. The maximum atomic E-state index is 13.8. The Kier molecular flexibility index (Phi) is 3.43. The number of halogens is 2. The molecule has 1 saturated heterocycles. The van der Waals surface area contributed by atoms with Crippen molar-refractivity contribution in [3.05, 3.63) is 39.4 Å². The second-order valence-electron chi connectivity index (χ2n) is 4.78. The van der Waals surface area contributed by atoms with Crippen LogP contribution in [0.5, 0.6) is 0 Å². The fourth-order valence-electron chi connectivity index (χ4n) is 2.07. The topological polar surface area (TPSA) is 83.7 Å². The van der Waals surface area contributed by atoms with Crippen LogP contribution in [-0.4, -0.2) is 39.5 Å². The number of aliphatic hydroxyl groups is 1. The lowest BCUT2D eigenvalue weighted by molar-refractivity contribution is -0.387. The number of nitro benzene ring substituents is 1. The summed E-state index contributed by atoms with van der Waals surface area (Å²) in [6, 6.07) is 1.04. The lowest BCUT2D eigenvalue weighted by atomic mass is 9.90. The van der Waals surface area contributed by atoms with E-state index in [0.717, 1.165) is 4.90 Å². The first-order valence-electron chi connectivity index (χ1n) is 5.92. The van der Waals surface area contributed by atoms with Crippen LogP contribution in [0.1, 0.15) is 23.7 Å². The van der Waals surface area contributed by atoms with Crippen LogP contribution in [-0.2, 0) is 0 Å². The fourth-order valence-corrected chi connectivity index (χ4v) is 2.07. The number of carbonyl (C=O) groups is 1. The van der Waals surface area contributed by atoms with E-state index in [-0.39, 0.29) is 13.1 Å². The third kappa shape index (κ3) is 2.34. The quantitative estimate of drug-likeness (QED) is 0.673. The third-order valence-electron chi connectivity index (χ3n) is 3.36. The average Bonchev–Trinajstić information content (AvgIpc) is 2.36. The van der Waals surface area contributed by atoms with Gasteiger partial charge in [0.15, 0.2) is 0 Å². The van der Waals surface area contributed by atoms with Gasteiger partial charge in [-0.15, -0.1) is 0 Å². The summed E-state index contributed by atoms with van der Waals surface area (Å²) in [5.41, 5.74) is -2.81. The van der Waals surface area contributed by atoms with Gasteiger partial charge in [0.1, 0.15) is 5.82 Å². The smallest absolute Gasteiger partial charge is 0.308 e. The van der Waals surface area contributed by atoms with Gasteiger partial charge in [0.2, 0.25) is 5.82 Å². The molecule has 20 heavy (non-hydrogen) atoms. The Labute approximate surface area is 112 Å². The van der Waals surface area contributed by atoms with Crippen molar-refractivity contribution < 1.29 is 23.6 Å². The molecule has 2 rings (SSSR count). The highest BCUT2D eigenvalue weighted by molar-refractivity contribution is 5.96. The molecule has 0 saturated carbocycles. The first kappa shape index (κ1) is 14.3. The largest absolute Gasteiger partial charge is 0.386 e. The van der Waals surface area contributed by atoms with E-state index in [2.05, 4.69) is 0 Å². The summed E-state index contributed by atoms with van der Waals surface area (Å²) in [6.45, 7) is 1.72. The van der Waals surface area contributed by atoms with Gasteiger partial charge in [-0.2, -0.15) is 4.39 Å². The van der Waals surface area contributed by atoms with Crippen LogP contribution in [0.3, 0.4) is 0 Å². The molecule has 0 unspecified atom stereocenters. The molecule has 1 aliphatic heterocycles. The van der Waals surface area contributed by atoms with E-state index in [1.165, 1.54) is 0 Å².